The summed E-state index contributed by atoms with van der Waals surface area (Å²) in [6, 6.07) is 6.66. The molecule has 0 aliphatic carbocycles. The number of nitrogens with zero attached hydrogens (tertiary/aromatic N) is 3. The molecule has 0 bridgehead atoms. The smallest absolute Gasteiger partial charge is 0.166 e. The van der Waals surface area contributed by atoms with Crippen LogP contribution < -0.4 is 4.90 Å². The van der Waals surface area contributed by atoms with E-state index in [0.29, 0.717) is 16.7 Å². The molecule has 0 saturated carbocycles. The number of carbonyl (C=O) groups excluding carboxylic acids is 1. The highest BCUT2D eigenvalue weighted by molar-refractivity contribution is 7.18. The van der Waals surface area contributed by atoms with Crippen molar-refractivity contribution in [2.45, 2.75) is 19.3 Å². The van der Waals surface area contributed by atoms with E-state index in [9.17, 15) is 14.3 Å². The van der Waals surface area contributed by atoms with Crippen molar-refractivity contribution in [3.05, 3.63) is 48.0 Å². The van der Waals surface area contributed by atoms with Gasteiger partial charge in [0, 0.05) is 31.0 Å². The molecule has 0 amide bonds. The molecule has 3 aromatic rings. The van der Waals surface area contributed by atoms with E-state index in [1.807, 2.05) is 12.1 Å². The van der Waals surface area contributed by atoms with Crippen LogP contribution in [0.2, 0.25) is 0 Å². The summed E-state index contributed by atoms with van der Waals surface area (Å²) in [6.45, 7) is 2.08. The second-order valence-corrected chi connectivity index (χ2v) is 7.53. The van der Waals surface area contributed by atoms with Gasteiger partial charge in [0.25, 0.3) is 0 Å². The summed E-state index contributed by atoms with van der Waals surface area (Å²) in [5.41, 5.74) is 1.32. The molecular weight excluding hydrogens is 365 g/mol. The fraction of sp³-hybridized carbons (Fsp3) is 0.250. The van der Waals surface area contributed by atoms with Crippen LogP contribution in [0.15, 0.2) is 36.7 Å². The number of aromatic hydroxyl groups is 1. The first-order valence-corrected chi connectivity index (χ1v) is 9.62. The lowest BCUT2D eigenvalue weighted by Crippen LogP contribution is -2.29. The minimum Gasteiger partial charge on any atom is -0.504 e. The van der Waals surface area contributed by atoms with Gasteiger partial charge in [0.15, 0.2) is 17.9 Å². The summed E-state index contributed by atoms with van der Waals surface area (Å²) in [5.74, 6) is -0.473. The number of piperidine rings is 1. The highest BCUT2D eigenvalue weighted by Crippen LogP contribution is 2.35. The van der Waals surface area contributed by atoms with Crippen molar-refractivity contribution in [3.8, 4) is 26.8 Å². The summed E-state index contributed by atoms with van der Waals surface area (Å²) in [7, 11) is 0. The minimum absolute atomic E-state index is 0.0764. The number of anilines is 1. The van der Waals surface area contributed by atoms with Crippen molar-refractivity contribution < 1.29 is 14.3 Å². The number of halogens is 1. The first-order chi connectivity index (χ1) is 13.2. The number of rotatable bonds is 4. The van der Waals surface area contributed by atoms with Gasteiger partial charge >= 0.3 is 0 Å². The lowest BCUT2D eigenvalue weighted by atomic mass is 10.1. The normalized spacial score (nSPS) is 14.3. The molecule has 2 aromatic heterocycles. The number of pyridine rings is 1. The van der Waals surface area contributed by atoms with Gasteiger partial charge in [0.05, 0.1) is 10.4 Å². The van der Waals surface area contributed by atoms with E-state index in [1.165, 1.54) is 42.7 Å². The molecule has 0 unspecified atom stereocenters. The van der Waals surface area contributed by atoms with Crippen molar-refractivity contribution in [1.82, 2.24) is 9.97 Å². The lowest BCUT2D eigenvalue weighted by Gasteiger charge is -2.27. The molecule has 3 heterocycles. The Kier molecular flexibility index (Phi) is 4.85. The predicted molar refractivity (Wildman–Crippen MR) is 104 cm³/mol. The molecule has 5 nitrogen and oxygen atoms in total. The quantitative estimate of drug-likeness (QED) is 0.671. The van der Waals surface area contributed by atoms with E-state index in [-0.39, 0.29) is 5.56 Å². The van der Waals surface area contributed by atoms with Crippen LogP contribution >= 0.6 is 11.3 Å². The van der Waals surface area contributed by atoms with Crippen LogP contribution in [0.1, 0.15) is 29.6 Å². The molecule has 1 aromatic carbocycles. The Bertz CT molecular complexity index is 966. The molecule has 1 saturated heterocycles. The maximum absolute atomic E-state index is 13.8. The molecule has 0 atom stereocenters. The van der Waals surface area contributed by atoms with Crippen molar-refractivity contribution >= 4 is 23.4 Å². The maximum atomic E-state index is 13.8. The van der Waals surface area contributed by atoms with Gasteiger partial charge in [-0.15, -0.1) is 11.3 Å². The van der Waals surface area contributed by atoms with Gasteiger partial charge in [0.1, 0.15) is 10.8 Å². The molecule has 0 radical (unpaired) electrons. The second kappa shape index (κ2) is 7.44. The standard InChI is InChI=1S/C20H18FN3O2S/c21-16-9-14(8-15(12-25)19(16)26)17-11-23-20(27-17)13-4-5-18(22-10-13)24-6-2-1-3-7-24/h4-5,8-12,26H,1-3,6-7H2. The molecule has 1 aliphatic heterocycles. The predicted octanol–water partition coefficient (Wildman–Crippen LogP) is 4.52. The summed E-state index contributed by atoms with van der Waals surface area (Å²) in [5, 5.41) is 10.3. The van der Waals surface area contributed by atoms with Gasteiger partial charge in [0.2, 0.25) is 0 Å². The van der Waals surface area contributed by atoms with Gasteiger partial charge in [-0.2, -0.15) is 0 Å². The summed E-state index contributed by atoms with van der Waals surface area (Å²) in [4.78, 5) is 23.0. The Balaban J connectivity index is 1.59. The number of carbonyl (C=O) groups is 1. The Morgan fingerprint density at radius 3 is 2.59 bits per heavy atom. The summed E-state index contributed by atoms with van der Waals surface area (Å²) < 4.78 is 13.8. The van der Waals surface area contributed by atoms with Crippen LogP contribution in [-0.2, 0) is 0 Å². The Morgan fingerprint density at radius 2 is 1.89 bits per heavy atom. The second-order valence-electron chi connectivity index (χ2n) is 6.50. The van der Waals surface area contributed by atoms with E-state index >= 15 is 0 Å². The summed E-state index contributed by atoms with van der Waals surface area (Å²) in [6.07, 6.45) is 7.56. The number of phenols is 1. The van der Waals surface area contributed by atoms with Crippen LogP contribution in [-0.4, -0.2) is 34.5 Å². The number of aldehydes is 1. The number of hydrogen-bond acceptors (Lipinski definition) is 6. The van der Waals surface area contributed by atoms with Crippen LogP contribution in [0, 0.1) is 5.82 Å². The maximum Gasteiger partial charge on any atom is 0.166 e. The monoisotopic (exact) mass is 383 g/mol. The first kappa shape index (κ1) is 17.6. The molecule has 4 rings (SSSR count). The molecule has 1 fully saturated rings. The zero-order valence-corrected chi connectivity index (χ0v) is 15.4. The number of thiazole rings is 1. The van der Waals surface area contributed by atoms with Gasteiger partial charge < -0.3 is 10.0 Å². The molecule has 1 aliphatic rings. The molecule has 27 heavy (non-hydrogen) atoms. The third kappa shape index (κ3) is 3.55. The van der Waals surface area contributed by atoms with E-state index in [4.69, 9.17) is 0 Å². The van der Waals surface area contributed by atoms with Crippen molar-refractivity contribution in [2.24, 2.45) is 0 Å². The Labute approximate surface area is 160 Å². The van der Waals surface area contributed by atoms with Crippen molar-refractivity contribution in [1.29, 1.82) is 0 Å². The van der Waals surface area contributed by atoms with Crippen molar-refractivity contribution in [3.63, 3.8) is 0 Å². The number of phenolic OH excluding ortho intramolecular Hbond substituents is 1. The van der Waals surface area contributed by atoms with Gasteiger partial charge in [-0.25, -0.2) is 14.4 Å². The zero-order valence-electron chi connectivity index (χ0n) is 14.6. The summed E-state index contributed by atoms with van der Waals surface area (Å²) >= 11 is 1.39. The highest BCUT2D eigenvalue weighted by atomic mass is 32.1. The highest BCUT2D eigenvalue weighted by Gasteiger charge is 2.15. The fourth-order valence-electron chi connectivity index (χ4n) is 3.22. The van der Waals surface area contributed by atoms with E-state index in [2.05, 4.69) is 14.9 Å². The van der Waals surface area contributed by atoms with Gasteiger partial charge in [-0.05, 0) is 49.1 Å². The Morgan fingerprint density at radius 1 is 1.07 bits per heavy atom. The van der Waals surface area contributed by atoms with Crippen LogP contribution in [0.3, 0.4) is 0 Å². The zero-order chi connectivity index (χ0) is 18.8. The van der Waals surface area contributed by atoms with Crippen LogP contribution in [0.5, 0.6) is 5.75 Å². The third-order valence-corrected chi connectivity index (χ3v) is 5.78. The van der Waals surface area contributed by atoms with Gasteiger partial charge in [-0.3, -0.25) is 4.79 Å². The van der Waals surface area contributed by atoms with Crippen LogP contribution in [0.4, 0.5) is 10.2 Å². The fourth-order valence-corrected chi connectivity index (χ4v) is 4.11. The van der Waals surface area contributed by atoms with E-state index in [1.54, 1.807) is 12.4 Å². The van der Waals surface area contributed by atoms with Crippen LogP contribution in [0.25, 0.3) is 21.0 Å². The molecule has 1 N–H and O–H groups in total. The average molecular weight is 383 g/mol. The largest absolute Gasteiger partial charge is 0.504 e. The number of benzene rings is 1. The molecular formula is C20H18FN3O2S. The van der Waals surface area contributed by atoms with E-state index in [0.717, 1.165) is 29.5 Å². The lowest BCUT2D eigenvalue weighted by molar-refractivity contribution is 0.112. The average Bonchev–Trinajstić information content (AvgIpc) is 3.21. The molecule has 0 spiro atoms. The topological polar surface area (TPSA) is 66.3 Å². The molecule has 138 valence electrons. The minimum atomic E-state index is -0.822. The Hall–Kier alpha value is -2.80. The van der Waals surface area contributed by atoms with E-state index < -0.39 is 11.6 Å². The number of aromatic nitrogens is 2. The SMILES string of the molecule is O=Cc1cc(-c2cnc(-c3ccc(N4CCCCC4)nc3)s2)cc(F)c1O. The number of hydrogen-bond donors (Lipinski definition) is 1. The first-order valence-electron chi connectivity index (χ1n) is 8.81. The van der Waals surface area contributed by atoms with Crippen molar-refractivity contribution in [2.75, 3.05) is 18.0 Å². The third-order valence-electron chi connectivity index (χ3n) is 4.68. The van der Waals surface area contributed by atoms with Gasteiger partial charge in [-0.1, -0.05) is 0 Å². The molecule has 7 heteroatoms.